The first kappa shape index (κ1) is 21.9. The molecule has 3 aliphatic carbocycles. The van der Waals surface area contributed by atoms with Crippen LogP contribution in [0.4, 0.5) is 0 Å². The van der Waals surface area contributed by atoms with Crippen LogP contribution in [0.1, 0.15) is 56.1 Å². The molecule has 0 radical (unpaired) electrons. The molecule has 0 amide bonds. The highest BCUT2D eigenvalue weighted by Gasteiger charge is 2.55. The zero-order valence-corrected chi connectivity index (χ0v) is 19.2. The van der Waals surface area contributed by atoms with Gasteiger partial charge < -0.3 is 8.92 Å². The van der Waals surface area contributed by atoms with E-state index in [0.717, 1.165) is 44.1 Å². The molecule has 4 rings (SSSR count). The highest BCUT2D eigenvalue weighted by molar-refractivity contribution is 7.88. The van der Waals surface area contributed by atoms with E-state index in [1.165, 1.54) is 18.9 Å². The summed E-state index contributed by atoms with van der Waals surface area (Å²) in [6.45, 7) is 2.24. The average Bonchev–Trinajstić information content (AvgIpc) is 2.94. The molecule has 0 aromatic heterocycles. The topological polar surface area (TPSA) is 125 Å². The second kappa shape index (κ2) is 7.36. The number of nitrogens with two attached hydrogens (primary N) is 1. The highest BCUT2D eigenvalue weighted by atomic mass is 32.2. The van der Waals surface area contributed by atoms with Gasteiger partial charge in [0.1, 0.15) is 0 Å². The van der Waals surface area contributed by atoms with Gasteiger partial charge in [-0.2, -0.15) is 13.6 Å². The van der Waals surface area contributed by atoms with Crippen LogP contribution in [-0.2, 0) is 26.7 Å². The number of fused-ring (bicyclic) bond motifs is 5. The van der Waals surface area contributed by atoms with Crippen molar-refractivity contribution in [3.8, 4) is 11.5 Å². The zero-order valence-electron chi connectivity index (χ0n) is 17.6. The molecule has 10 heteroatoms. The van der Waals surface area contributed by atoms with Crippen molar-refractivity contribution in [3.05, 3.63) is 23.3 Å². The molecular formula is C20H30N2O6S2. The van der Waals surface area contributed by atoms with Gasteiger partial charge in [-0.15, -0.1) is 0 Å². The Balaban J connectivity index is 1.65. The summed E-state index contributed by atoms with van der Waals surface area (Å²) >= 11 is 0. The van der Waals surface area contributed by atoms with Gasteiger partial charge >= 0.3 is 10.3 Å². The van der Waals surface area contributed by atoms with Gasteiger partial charge in [-0.25, -0.2) is 13.1 Å². The average molecular weight is 459 g/mol. The number of benzene rings is 1. The molecule has 0 saturated heterocycles. The van der Waals surface area contributed by atoms with Crippen molar-refractivity contribution in [3.63, 3.8) is 0 Å². The molecule has 3 N–H and O–H groups in total. The van der Waals surface area contributed by atoms with E-state index in [0.29, 0.717) is 23.5 Å². The van der Waals surface area contributed by atoms with Gasteiger partial charge in [0.15, 0.2) is 11.5 Å². The molecule has 168 valence electrons. The standard InChI is InChI=1S/C20H30N2O6S2/c1-20-9-8-13-14(16(20)6-7-19(20)22-29(3,23)24)5-4-12-10-18(28-30(21,25)26)17(27-2)11-15(12)13/h10-11,13-14,16,19,22H,4-9H2,1-3H3,(H2,21,25,26)/t13-,14+,16-,19-,20-/m0/s1. The van der Waals surface area contributed by atoms with Crippen molar-refractivity contribution in [1.82, 2.24) is 4.72 Å². The smallest absolute Gasteiger partial charge is 0.380 e. The molecule has 2 saturated carbocycles. The van der Waals surface area contributed by atoms with Crippen LogP contribution < -0.4 is 18.8 Å². The normalized spacial score (nSPS) is 33.3. The highest BCUT2D eigenvalue weighted by Crippen LogP contribution is 2.61. The molecule has 30 heavy (non-hydrogen) atoms. The lowest BCUT2D eigenvalue weighted by Crippen LogP contribution is -2.49. The van der Waals surface area contributed by atoms with E-state index >= 15 is 0 Å². The van der Waals surface area contributed by atoms with Crippen LogP contribution in [0, 0.1) is 17.3 Å². The minimum atomic E-state index is -4.14. The Morgan fingerprint density at radius 2 is 1.83 bits per heavy atom. The Labute approximate surface area is 178 Å². The van der Waals surface area contributed by atoms with Crippen molar-refractivity contribution >= 4 is 20.3 Å². The summed E-state index contributed by atoms with van der Waals surface area (Å²) in [5.41, 5.74) is 2.22. The molecule has 5 atom stereocenters. The number of rotatable bonds is 5. The fraction of sp³-hybridized carbons (Fsp3) is 0.700. The number of nitrogens with one attached hydrogen (secondary N) is 1. The van der Waals surface area contributed by atoms with Crippen LogP contribution in [-0.4, -0.2) is 36.2 Å². The molecule has 8 nitrogen and oxygen atoms in total. The first-order valence-corrected chi connectivity index (χ1v) is 13.7. The van der Waals surface area contributed by atoms with Crippen LogP contribution >= 0.6 is 0 Å². The van der Waals surface area contributed by atoms with Gasteiger partial charge in [0, 0.05) is 6.04 Å². The first-order valence-electron chi connectivity index (χ1n) is 10.3. The minimum absolute atomic E-state index is 0.0140. The van der Waals surface area contributed by atoms with E-state index in [-0.39, 0.29) is 17.2 Å². The van der Waals surface area contributed by atoms with Crippen molar-refractivity contribution in [1.29, 1.82) is 0 Å². The summed E-state index contributed by atoms with van der Waals surface area (Å²) in [5, 5.41) is 5.05. The minimum Gasteiger partial charge on any atom is -0.493 e. The lowest BCUT2D eigenvalue weighted by molar-refractivity contribution is 0.0462. The fourth-order valence-electron chi connectivity index (χ4n) is 6.38. The molecule has 0 aliphatic heterocycles. The fourth-order valence-corrected chi connectivity index (χ4v) is 7.66. The van der Waals surface area contributed by atoms with Gasteiger partial charge in [-0.1, -0.05) is 6.92 Å². The predicted molar refractivity (Wildman–Crippen MR) is 113 cm³/mol. The SMILES string of the molecule is COc1cc2c(cc1OS(N)(=O)=O)CC[C@@H]1[C@@H]2CC[C@]2(C)[C@@H](NS(C)(=O)=O)CC[C@@H]12. The van der Waals surface area contributed by atoms with E-state index in [9.17, 15) is 16.8 Å². The summed E-state index contributed by atoms with van der Waals surface area (Å²) in [7, 11) is -5.90. The third-order valence-electron chi connectivity index (χ3n) is 7.57. The number of hydrogen-bond donors (Lipinski definition) is 2. The molecule has 2 fully saturated rings. The first-order chi connectivity index (χ1) is 13.9. The summed E-state index contributed by atoms with van der Waals surface area (Å²) in [5.74, 6) is 1.75. The molecular weight excluding hydrogens is 428 g/mol. The van der Waals surface area contributed by atoms with Crippen molar-refractivity contribution in [2.45, 2.75) is 57.4 Å². The third kappa shape index (κ3) is 3.94. The van der Waals surface area contributed by atoms with Gasteiger partial charge in [-0.05, 0) is 85.0 Å². The van der Waals surface area contributed by atoms with Gasteiger partial charge in [0.2, 0.25) is 10.0 Å². The van der Waals surface area contributed by atoms with Crippen LogP contribution in [0.5, 0.6) is 11.5 Å². The van der Waals surface area contributed by atoms with Crippen LogP contribution in [0.3, 0.4) is 0 Å². The molecule has 0 spiro atoms. The maximum Gasteiger partial charge on any atom is 0.380 e. The molecule has 0 unspecified atom stereocenters. The lowest BCUT2D eigenvalue weighted by Gasteiger charge is -2.51. The number of aryl methyl sites for hydroxylation is 1. The largest absolute Gasteiger partial charge is 0.493 e. The summed E-state index contributed by atoms with van der Waals surface area (Å²) in [4.78, 5) is 0. The van der Waals surface area contributed by atoms with Crippen molar-refractivity contribution < 1.29 is 25.8 Å². The predicted octanol–water partition coefficient (Wildman–Crippen LogP) is 2.05. The second-order valence-electron chi connectivity index (χ2n) is 9.26. The monoisotopic (exact) mass is 458 g/mol. The maximum absolute atomic E-state index is 11.9. The van der Waals surface area contributed by atoms with Gasteiger partial charge in [0.25, 0.3) is 0 Å². The van der Waals surface area contributed by atoms with Gasteiger partial charge in [0.05, 0.1) is 13.4 Å². The Bertz CT molecular complexity index is 1060. The number of hydrogen-bond acceptors (Lipinski definition) is 6. The van der Waals surface area contributed by atoms with Crippen LogP contribution in [0.15, 0.2) is 12.1 Å². The Morgan fingerprint density at radius 3 is 2.47 bits per heavy atom. The number of methoxy groups -OCH3 is 1. The molecule has 1 aromatic rings. The van der Waals surface area contributed by atoms with E-state index < -0.39 is 20.3 Å². The Kier molecular flexibility index (Phi) is 5.36. The van der Waals surface area contributed by atoms with E-state index in [2.05, 4.69) is 11.6 Å². The van der Waals surface area contributed by atoms with Crippen molar-refractivity contribution in [2.24, 2.45) is 22.4 Å². The van der Waals surface area contributed by atoms with E-state index in [4.69, 9.17) is 14.1 Å². The van der Waals surface area contributed by atoms with E-state index in [1.54, 1.807) is 6.07 Å². The summed E-state index contributed by atoms with van der Waals surface area (Å²) in [6.07, 6.45) is 6.84. The molecule has 3 aliphatic rings. The maximum atomic E-state index is 11.9. The zero-order chi connectivity index (χ0) is 21.9. The van der Waals surface area contributed by atoms with Crippen molar-refractivity contribution in [2.75, 3.05) is 13.4 Å². The summed E-state index contributed by atoms with van der Waals surface area (Å²) in [6, 6.07) is 3.63. The third-order valence-corrected chi connectivity index (χ3v) is 8.70. The lowest BCUT2D eigenvalue weighted by atomic mass is 9.55. The number of sulfonamides is 1. The number of ether oxygens (including phenoxy) is 1. The van der Waals surface area contributed by atoms with E-state index in [1.807, 2.05) is 6.07 Å². The molecule has 1 aromatic carbocycles. The second-order valence-corrected chi connectivity index (χ2v) is 12.2. The summed E-state index contributed by atoms with van der Waals surface area (Å²) < 4.78 is 59.8. The Hall–Kier alpha value is -1.36. The Morgan fingerprint density at radius 1 is 1.10 bits per heavy atom. The van der Waals surface area contributed by atoms with Gasteiger partial charge in [-0.3, -0.25) is 0 Å². The molecule has 0 bridgehead atoms. The molecule has 0 heterocycles. The quantitative estimate of drug-likeness (QED) is 0.696. The van der Waals surface area contributed by atoms with Crippen LogP contribution in [0.25, 0.3) is 0 Å². The van der Waals surface area contributed by atoms with Crippen LogP contribution in [0.2, 0.25) is 0 Å².